The highest BCUT2D eigenvalue weighted by molar-refractivity contribution is 6.16. The Hall–Kier alpha value is -4.02. The number of nitrogens with two attached hydrogens (primary N) is 1. The molecule has 0 aromatic heterocycles. The number of β-amino-alcohol motifs (C(OH)–C–C–N with tert-alkyl or cyclic N) is 1. The fourth-order valence-corrected chi connectivity index (χ4v) is 6.37. The summed E-state index contributed by atoms with van der Waals surface area (Å²) < 4.78 is 28.0. The number of likely N-dealkylation sites (tertiary alicyclic amines) is 1. The van der Waals surface area contributed by atoms with Crippen molar-refractivity contribution in [3.8, 4) is 0 Å². The number of amides is 1. The van der Waals surface area contributed by atoms with Crippen molar-refractivity contribution in [1.82, 2.24) is 15.1 Å². The molecule has 1 aliphatic carbocycles. The molecule has 3 aromatic carbocycles. The topological polar surface area (TPSA) is 94.2 Å². The van der Waals surface area contributed by atoms with E-state index in [0.717, 1.165) is 25.9 Å². The third kappa shape index (κ3) is 7.18. The van der Waals surface area contributed by atoms with Crippen LogP contribution in [-0.4, -0.2) is 77.1 Å². The highest BCUT2D eigenvalue weighted by atomic mass is 19.1. The Morgan fingerprint density at radius 1 is 0.891 bits per heavy atom. The molecule has 3 aliphatic rings. The van der Waals surface area contributed by atoms with Crippen LogP contribution in [0.2, 0.25) is 0 Å². The van der Waals surface area contributed by atoms with Gasteiger partial charge < -0.3 is 21.1 Å². The molecule has 2 aliphatic heterocycles. The van der Waals surface area contributed by atoms with Crippen LogP contribution in [0.1, 0.15) is 43.4 Å². The number of amidine groups is 1. The van der Waals surface area contributed by atoms with E-state index in [9.17, 15) is 18.7 Å². The maximum Gasteiger partial charge on any atom is 0.265 e. The molecule has 2 heterocycles. The Kier molecular flexibility index (Phi) is 10.9. The van der Waals surface area contributed by atoms with E-state index in [1.807, 2.05) is 62.4 Å². The lowest BCUT2D eigenvalue weighted by Gasteiger charge is -2.36. The van der Waals surface area contributed by atoms with Gasteiger partial charge in [-0.3, -0.25) is 9.69 Å². The number of aliphatic imine (C=N–C) groups is 1. The van der Waals surface area contributed by atoms with Crippen molar-refractivity contribution in [1.29, 1.82) is 0 Å². The third-order valence-corrected chi connectivity index (χ3v) is 8.70. The number of nitrogens with zero attached hydrogens (tertiary/aromatic N) is 3. The van der Waals surface area contributed by atoms with Crippen LogP contribution in [0.3, 0.4) is 0 Å². The van der Waals surface area contributed by atoms with E-state index in [2.05, 4.69) is 16.3 Å². The second kappa shape index (κ2) is 15.0. The van der Waals surface area contributed by atoms with Gasteiger partial charge >= 0.3 is 0 Å². The number of aliphatic hydroxyl groups excluding tert-OH is 1. The highest BCUT2D eigenvalue weighted by Gasteiger charge is 2.51. The van der Waals surface area contributed by atoms with E-state index < -0.39 is 23.3 Å². The zero-order valence-electron chi connectivity index (χ0n) is 26.4. The van der Waals surface area contributed by atoms with Gasteiger partial charge in [0, 0.05) is 30.2 Å². The first kappa shape index (κ1) is 33.3. The number of allylic oxidation sites excluding steroid dienone is 2. The standard InChI is InChI=1S/C35H37F2N5O2.C2H6/c36-27-14-10-25(11-15-27)35(26-12-16-28(37)17-13-26)34(44)42(33(40-35)24-6-2-1-3-7-24)23-30(43)22-41-20-18-29(19-21-41)39-32-9-5-4-8-31(32)38;1-2/h1-17,29-32,39,43H,18-23,38H2;1-2H3. The SMILES string of the molecule is CC.NC1C=CC=CC1NC1CCN(CC(O)CN2C(=O)C(c3ccc(F)cc3)(c3ccc(F)cc3)N=C2c2ccccc2)CC1. The van der Waals surface area contributed by atoms with Gasteiger partial charge in [-0.25, -0.2) is 13.8 Å². The number of piperidine rings is 1. The summed E-state index contributed by atoms with van der Waals surface area (Å²) in [6, 6.07) is 21.0. The minimum absolute atomic E-state index is 0.0168. The Labute approximate surface area is 270 Å². The lowest BCUT2D eigenvalue weighted by atomic mass is 9.82. The predicted molar refractivity (Wildman–Crippen MR) is 178 cm³/mol. The summed E-state index contributed by atoms with van der Waals surface area (Å²) in [5.41, 5.74) is 6.27. The first-order valence-corrected chi connectivity index (χ1v) is 16.1. The van der Waals surface area contributed by atoms with E-state index in [4.69, 9.17) is 10.7 Å². The first-order chi connectivity index (χ1) is 22.3. The summed E-state index contributed by atoms with van der Waals surface area (Å²) in [6.07, 6.45) is 9.06. The molecule has 7 nitrogen and oxygen atoms in total. The van der Waals surface area contributed by atoms with Gasteiger partial charge in [0.05, 0.1) is 12.6 Å². The van der Waals surface area contributed by atoms with Crippen molar-refractivity contribution >= 4 is 11.7 Å². The molecule has 1 saturated heterocycles. The van der Waals surface area contributed by atoms with Crippen LogP contribution in [-0.2, 0) is 10.3 Å². The quantitative estimate of drug-likeness (QED) is 0.318. The fraction of sp³-hybridized carbons (Fsp3) is 0.351. The number of carbonyl (C=O) groups excluding carboxylic acids is 1. The summed E-state index contributed by atoms with van der Waals surface area (Å²) in [6.45, 7) is 6.02. The molecule has 3 unspecified atom stereocenters. The van der Waals surface area contributed by atoms with E-state index in [1.165, 1.54) is 53.4 Å². The molecule has 4 N–H and O–H groups in total. The van der Waals surface area contributed by atoms with Gasteiger partial charge in [0.25, 0.3) is 5.91 Å². The summed E-state index contributed by atoms with van der Waals surface area (Å²) in [5, 5.41) is 15.0. The van der Waals surface area contributed by atoms with Crippen LogP contribution in [0.15, 0.2) is 108 Å². The molecule has 1 fully saturated rings. The monoisotopic (exact) mass is 627 g/mol. The van der Waals surface area contributed by atoms with Crippen molar-refractivity contribution < 1.29 is 18.7 Å². The van der Waals surface area contributed by atoms with Crippen molar-refractivity contribution in [2.24, 2.45) is 10.7 Å². The lowest BCUT2D eigenvalue weighted by Crippen LogP contribution is -2.53. The smallest absolute Gasteiger partial charge is 0.265 e. The van der Waals surface area contributed by atoms with Gasteiger partial charge in [-0.15, -0.1) is 0 Å². The van der Waals surface area contributed by atoms with E-state index in [0.29, 0.717) is 35.1 Å². The lowest BCUT2D eigenvalue weighted by molar-refractivity contribution is -0.131. The Balaban J connectivity index is 0.00000204. The van der Waals surface area contributed by atoms with Crippen LogP contribution >= 0.6 is 0 Å². The van der Waals surface area contributed by atoms with Crippen LogP contribution in [0.25, 0.3) is 0 Å². The van der Waals surface area contributed by atoms with Crippen molar-refractivity contribution in [2.75, 3.05) is 26.2 Å². The molecule has 0 spiro atoms. The largest absolute Gasteiger partial charge is 0.390 e. The van der Waals surface area contributed by atoms with E-state index >= 15 is 0 Å². The molecule has 3 atom stereocenters. The highest BCUT2D eigenvalue weighted by Crippen LogP contribution is 2.41. The number of nitrogens with one attached hydrogen (secondary N) is 1. The average Bonchev–Trinajstić information content (AvgIpc) is 3.37. The number of hydrogen-bond donors (Lipinski definition) is 3. The number of aliphatic hydroxyl groups is 1. The summed E-state index contributed by atoms with van der Waals surface area (Å²) in [4.78, 5) is 23.3. The number of rotatable bonds is 9. The van der Waals surface area contributed by atoms with Gasteiger partial charge in [0.2, 0.25) is 0 Å². The maximum atomic E-state index is 14.5. The number of benzene rings is 3. The number of carbonyl (C=O) groups is 1. The van der Waals surface area contributed by atoms with Gasteiger partial charge in [-0.05, 0) is 61.3 Å². The zero-order chi connectivity index (χ0) is 32.7. The minimum atomic E-state index is -1.57. The molecule has 9 heteroatoms. The minimum Gasteiger partial charge on any atom is -0.390 e. The molecule has 0 bridgehead atoms. The molecule has 1 amide bonds. The molecule has 3 aromatic rings. The number of hydrogen-bond acceptors (Lipinski definition) is 6. The van der Waals surface area contributed by atoms with Crippen molar-refractivity contribution in [2.45, 2.75) is 56.5 Å². The van der Waals surface area contributed by atoms with Gasteiger partial charge in [-0.2, -0.15) is 0 Å². The second-order valence-corrected chi connectivity index (χ2v) is 11.7. The Bertz CT molecular complexity index is 1490. The summed E-state index contributed by atoms with van der Waals surface area (Å²) >= 11 is 0. The molecular weight excluding hydrogens is 584 g/mol. The van der Waals surface area contributed by atoms with Crippen LogP contribution in [0, 0.1) is 11.6 Å². The van der Waals surface area contributed by atoms with Crippen LogP contribution in [0.5, 0.6) is 0 Å². The molecule has 46 heavy (non-hydrogen) atoms. The summed E-state index contributed by atoms with van der Waals surface area (Å²) in [5.74, 6) is -0.872. The number of halogens is 2. The van der Waals surface area contributed by atoms with Gasteiger partial charge in [0.15, 0.2) is 5.54 Å². The molecule has 242 valence electrons. The fourth-order valence-electron chi connectivity index (χ4n) is 6.37. The summed E-state index contributed by atoms with van der Waals surface area (Å²) in [7, 11) is 0. The van der Waals surface area contributed by atoms with Gasteiger partial charge in [0.1, 0.15) is 17.5 Å². The molecular formula is C37H43F2N5O2. The Morgan fingerprint density at radius 2 is 1.46 bits per heavy atom. The molecule has 6 rings (SSSR count). The average molecular weight is 628 g/mol. The van der Waals surface area contributed by atoms with Crippen LogP contribution in [0.4, 0.5) is 8.78 Å². The first-order valence-electron chi connectivity index (χ1n) is 16.1. The molecule has 0 radical (unpaired) electrons. The molecule has 0 saturated carbocycles. The van der Waals surface area contributed by atoms with E-state index in [1.54, 1.807) is 0 Å². The normalized spacial score (nSPS) is 21.9. The predicted octanol–water partition coefficient (Wildman–Crippen LogP) is 4.76. The van der Waals surface area contributed by atoms with Crippen LogP contribution < -0.4 is 11.1 Å². The maximum absolute atomic E-state index is 14.5. The zero-order valence-corrected chi connectivity index (χ0v) is 26.4. The second-order valence-electron chi connectivity index (χ2n) is 11.7. The van der Waals surface area contributed by atoms with Crippen molar-refractivity contribution in [3.63, 3.8) is 0 Å². The Morgan fingerprint density at radius 3 is 2.02 bits per heavy atom. The third-order valence-electron chi connectivity index (χ3n) is 8.70. The van der Waals surface area contributed by atoms with Gasteiger partial charge in [-0.1, -0.05) is 92.7 Å². The van der Waals surface area contributed by atoms with Crippen molar-refractivity contribution in [3.05, 3.63) is 131 Å². The van der Waals surface area contributed by atoms with E-state index in [-0.39, 0.29) is 24.5 Å².